The Hall–Kier alpha value is -4.48. The van der Waals surface area contributed by atoms with E-state index in [0.717, 1.165) is 43.1 Å². The lowest BCUT2D eigenvalue weighted by Crippen LogP contribution is -1.98. The van der Waals surface area contributed by atoms with Gasteiger partial charge in [0.25, 0.3) is 5.69 Å². The SMILES string of the molecule is O=[N+]([O-])c1cc(-n2c3ccccc3c3ccccc32)ccc1-c1cccc2c1sc1ccccc12. The van der Waals surface area contributed by atoms with Gasteiger partial charge in [-0.2, -0.15) is 0 Å². The number of para-hydroxylation sites is 2. The van der Waals surface area contributed by atoms with Crippen LogP contribution >= 0.6 is 11.3 Å². The van der Waals surface area contributed by atoms with Crippen LogP contribution in [-0.2, 0) is 0 Å². The van der Waals surface area contributed by atoms with Crippen molar-refractivity contribution in [1.82, 2.24) is 4.57 Å². The normalized spacial score (nSPS) is 11.7. The van der Waals surface area contributed by atoms with E-state index in [2.05, 4.69) is 47.0 Å². The molecule has 0 aliphatic heterocycles. The van der Waals surface area contributed by atoms with E-state index in [1.54, 1.807) is 17.4 Å². The molecule has 166 valence electrons. The molecule has 0 N–H and O–H groups in total. The Morgan fingerprint density at radius 3 is 1.97 bits per heavy atom. The van der Waals surface area contributed by atoms with E-state index in [1.165, 1.54) is 10.1 Å². The highest BCUT2D eigenvalue weighted by Gasteiger charge is 2.21. The van der Waals surface area contributed by atoms with Gasteiger partial charge < -0.3 is 4.57 Å². The highest BCUT2D eigenvalue weighted by molar-refractivity contribution is 7.26. The van der Waals surface area contributed by atoms with Gasteiger partial charge in [-0.1, -0.05) is 72.8 Å². The lowest BCUT2D eigenvalue weighted by atomic mass is 10.0. The number of benzene rings is 5. The zero-order valence-corrected chi connectivity index (χ0v) is 19.3. The molecule has 0 aliphatic carbocycles. The summed E-state index contributed by atoms with van der Waals surface area (Å²) < 4.78 is 4.36. The molecule has 7 rings (SSSR count). The molecule has 0 fully saturated rings. The second-order valence-corrected chi connectivity index (χ2v) is 9.66. The minimum Gasteiger partial charge on any atom is -0.309 e. The van der Waals surface area contributed by atoms with Gasteiger partial charge in [0.05, 0.1) is 27.2 Å². The van der Waals surface area contributed by atoms with Crippen LogP contribution in [0.15, 0.2) is 109 Å². The minimum absolute atomic E-state index is 0.106. The molecule has 2 heterocycles. The lowest BCUT2D eigenvalue weighted by molar-refractivity contribution is -0.384. The van der Waals surface area contributed by atoms with Gasteiger partial charge in [-0.25, -0.2) is 0 Å². The summed E-state index contributed by atoms with van der Waals surface area (Å²) in [5.41, 5.74) is 4.47. The number of nitrogens with zero attached hydrogens (tertiary/aromatic N) is 2. The largest absolute Gasteiger partial charge is 0.309 e. The molecule has 2 aromatic heterocycles. The average Bonchev–Trinajstić information content (AvgIpc) is 3.44. The van der Waals surface area contributed by atoms with Crippen LogP contribution < -0.4 is 0 Å². The first-order chi connectivity index (χ1) is 17.2. The first-order valence-electron chi connectivity index (χ1n) is 11.4. The Morgan fingerprint density at radius 1 is 0.629 bits per heavy atom. The summed E-state index contributed by atoms with van der Waals surface area (Å²) in [6.07, 6.45) is 0. The fraction of sp³-hybridized carbons (Fsp3) is 0. The van der Waals surface area contributed by atoms with Gasteiger partial charge in [0.15, 0.2) is 0 Å². The van der Waals surface area contributed by atoms with Crippen molar-refractivity contribution >= 4 is 59.0 Å². The van der Waals surface area contributed by atoms with Gasteiger partial charge in [0.1, 0.15) is 0 Å². The van der Waals surface area contributed by atoms with Crippen molar-refractivity contribution in [2.24, 2.45) is 0 Å². The standard InChI is InChI=1S/C30H18N2O2S/c33-32(34)28-18-19(31-26-13-4-1-8-20(26)21-9-2-5-14-27(21)31)16-17-22(28)24-11-7-12-25-23-10-3-6-15-29(23)35-30(24)25/h1-18H. The number of aromatic nitrogens is 1. The highest BCUT2D eigenvalue weighted by Crippen LogP contribution is 2.43. The van der Waals surface area contributed by atoms with E-state index >= 15 is 0 Å². The smallest absolute Gasteiger partial charge is 0.279 e. The maximum Gasteiger partial charge on any atom is 0.279 e. The van der Waals surface area contributed by atoms with Crippen LogP contribution in [0.2, 0.25) is 0 Å². The summed E-state index contributed by atoms with van der Waals surface area (Å²) in [7, 11) is 0. The number of fused-ring (bicyclic) bond motifs is 6. The Morgan fingerprint density at radius 2 is 1.26 bits per heavy atom. The van der Waals surface area contributed by atoms with Crippen LogP contribution in [-0.4, -0.2) is 9.49 Å². The molecular formula is C30H18N2O2S. The van der Waals surface area contributed by atoms with Gasteiger partial charge in [-0.15, -0.1) is 11.3 Å². The summed E-state index contributed by atoms with van der Waals surface area (Å²) in [5, 5.41) is 16.9. The third-order valence-corrected chi connectivity index (χ3v) is 7.93. The molecule has 4 nitrogen and oxygen atoms in total. The Kier molecular flexibility index (Phi) is 4.28. The van der Waals surface area contributed by atoms with Gasteiger partial charge in [0.2, 0.25) is 0 Å². The van der Waals surface area contributed by atoms with Crippen LogP contribution in [0, 0.1) is 10.1 Å². The first kappa shape index (κ1) is 19.9. The molecule has 0 atom stereocenters. The second-order valence-electron chi connectivity index (χ2n) is 8.61. The predicted octanol–water partition coefficient (Wildman–Crippen LogP) is 8.73. The zero-order valence-electron chi connectivity index (χ0n) is 18.5. The number of rotatable bonds is 3. The third kappa shape index (κ3) is 2.92. The molecule has 35 heavy (non-hydrogen) atoms. The maximum absolute atomic E-state index is 12.4. The van der Waals surface area contributed by atoms with Gasteiger partial charge in [0, 0.05) is 42.6 Å². The predicted molar refractivity (Wildman–Crippen MR) is 146 cm³/mol. The van der Waals surface area contributed by atoms with Crippen molar-refractivity contribution in [2.45, 2.75) is 0 Å². The van der Waals surface area contributed by atoms with E-state index in [1.807, 2.05) is 60.7 Å². The van der Waals surface area contributed by atoms with Crippen LogP contribution in [0.1, 0.15) is 0 Å². The quantitative estimate of drug-likeness (QED) is 0.191. The maximum atomic E-state index is 12.4. The number of thiophene rings is 1. The monoisotopic (exact) mass is 470 g/mol. The van der Waals surface area contributed by atoms with E-state index in [4.69, 9.17) is 0 Å². The van der Waals surface area contributed by atoms with E-state index < -0.39 is 0 Å². The second kappa shape index (κ2) is 7.52. The number of nitro benzene ring substituents is 1. The molecule has 5 aromatic carbocycles. The summed E-state index contributed by atoms with van der Waals surface area (Å²) in [6, 6.07) is 36.3. The molecule has 7 aromatic rings. The summed E-state index contributed by atoms with van der Waals surface area (Å²) in [5.74, 6) is 0. The van der Waals surface area contributed by atoms with Crippen molar-refractivity contribution in [3.8, 4) is 16.8 Å². The van der Waals surface area contributed by atoms with Crippen molar-refractivity contribution in [3.63, 3.8) is 0 Å². The molecule has 0 radical (unpaired) electrons. The Balaban J connectivity index is 1.50. The van der Waals surface area contributed by atoms with Gasteiger partial charge in [-0.3, -0.25) is 10.1 Å². The number of hydrogen-bond acceptors (Lipinski definition) is 3. The number of hydrogen-bond donors (Lipinski definition) is 0. The first-order valence-corrected chi connectivity index (χ1v) is 12.2. The fourth-order valence-corrected chi connectivity index (χ4v) is 6.43. The Bertz CT molecular complexity index is 1890. The number of nitro groups is 1. The molecule has 0 aliphatic rings. The van der Waals surface area contributed by atoms with Crippen molar-refractivity contribution in [2.75, 3.05) is 0 Å². The Labute approximate surface area is 204 Å². The summed E-state index contributed by atoms with van der Waals surface area (Å²) in [6.45, 7) is 0. The van der Waals surface area contributed by atoms with Gasteiger partial charge in [-0.05, 0) is 30.3 Å². The highest BCUT2D eigenvalue weighted by atomic mass is 32.1. The minimum atomic E-state index is -0.265. The van der Waals surface area contributed by atoms with Crippen LogP contribution in [0.4, 0.5) is 5.69 Å². The summed E-state index contributed by atoms with van der Waals surface area (Å²) >= 11 is 1.68. The van der Waals surface area contributed by atoms with Crippen LogP contribution in [0.3, 0.4) is 0 Å². The van der Waals surface area contributed by atoms with Gasteiger partial charge >= 0.3 is 0 Å². The van der Waals surface area contributed by atoms with E-state index in [-0.39, 0.29) is 10.6 Å². The molecule has 5 heteroatoms. The van der Waals surface area contributed by atoms with Crippen LogP contribution in [0.5, 0.6) is 0 Å². The molecule has 0 bridgehead atoms. The van der Waals surface area contributed by atoms with E-state index in [0.29, 0.717) is 5.56 Å². The van der Waals surface area contributed by atoms with Crippen molar-refractivity contribution in [3.05, 3.63) is 119 Å². The third-order valence-electron chi connectivity index (χ3n) is 6.71. The molecule has 0 spiro atoms. The van der Waals surface area contributed by atoms with E-state index in [9.17, 15) is 10.1 Å². The average molecular weight is 471 g/mol. The van der Waals surface area contributed by atoms with Crippen molar-refractivity contribution in [1.29, 1.82) is 0 Å². The lowest BCUT2D eigenvalue weighted by Gasteiger charge is -2.11. The van der Waals surface area contributed by atoms with Crippen molar-refractivity contribution < 1.29 is 4.92 Å². The molecule has 0 amide bonds. The topological polar surface area (TPSA) is 48.1 Å². The molecule has 0 unspecified atom stereocenters. The van der Waals surface area contributed by atoms with Crippen LogP contribution in [0.25, 0.3) is 58.8 Å². The molecular weight excluding hydrogens is 452 g/mol. The fourth-order valence-electron chi connectivity index (χ4n) is 5.20. The zero-order chi connectivity index (χ0) is 23.5. The molecule has 0 saturated carbocycles. The summed E-state index contributed by atoms with van der Waals surface area (Å²) in [4.78, 5) is 12.1. The molecule has 0 saturated heterocycles.